The molecule has 0 aliphatic carbocycles. The first-order chi connectivity index (χ1) is 11.5. The zero-order valence-electron chi connectivity index (χ0n) is 13.6. The normalized spacial score (nSPS) is 10.5. The Balaban J connectivity index is 1.82. The van der Waals surface area contributed by atoms with Crippen molar-refractivity contribution in [1.82, 2.24) is 0 Å². The lowest BCUT2D eigenvalue weighted by molar-refractivity contribution is 1.18. The summed E-state index contributed by atoms with van der Waals surface area (Å²) < 4.78 is 2.16. The number of nitrogens with zero attached hydrogens (tertiary/aromatic N) is 2. The van der Waals surface area contributed by atoms with Crippen molar-refractivity contribution in [3.63, 3.8) is 0 Å². The Morgan fingerprint density at radius 2 is 0.917 bits per heavy atom. The van der Waals surface area contributed by atoms with E-state index in [1.165, 1.54) is 0 Å². The van der Waals surface area contributed by atoms with Crippen LogP contribution in [0, 0.1) is 0 Å². The third-order valence-electron chi connectivity index (χ3n) is 4.02. The van der Waals surface area contributed by atoms with E-state index in [-0.39, 0.29) is 0 Å². The molecule has 0 atom stereocenters. The second kappa shape index (κ2) is 7.41. The number of anilines is 4. The molecule has 122 valence electrons. The van der Waals surface area contributed by atoms with Gasteiger partial charge in [0.2, 0.25) is 0 Å². The van der Waals surface area contributed by atoms with Crippen molar-refractivity contribution in [1.29, 1.82) is 0 Å². The molecule has 0 aliphatic heterocycles. The SMILES string of the molecule is CN(c1ccc(N(C)c2cccc(Br)c2)cc1)c1cccc(Br)c1. The van der Waals surface area contributed by atoms with E-state index in [4.69, 9.17) is 0 Å². The lowest BCUT2D eigenvalue weighted by Crippen LogP contribution is -2.11. The standard InChI is InChI=1S/C20H18Br2N2/c1-23(19-7-3-5-15(21)13-19)17-9-11-18(12-10-17)24(2)20-8-4-6-16(22)14-20/h3-14H,1-2H3. The lowest BCUT2D eigenvalue weighted by Gasteiger charge is -2.23. The fraction of sp³-hybridized carbons (Fsp3) is 0.100. The minimum Gasteiger partial charge on any atom is -0.345 e. The van der Waals surface area contributed by atoms with Crippen LogP contribution in [0.4, 0.5) is 22.7 Å². The third kappa shape index (κ3) is 3.82. The molecule has 3 rings (SSSR count). The number of benzene rings is 3. The van der Waals surface area contributed by atoms with Crippen LogP contribution in [0.25, 0.3) is 0 Å². The van der Waals surface area contributed by atoms with Gasteiger partial charge in [0.25, 0.3) is 0 Å². The van der Waals surface area contributed by atoms with E-state index in [9.17, 15) is 0 Å². The Labute approximate surface area is 160 Å². The molecule has 0 N–H and O–H groups in total. The van der Waals surface area contributed by atoms with Crippen LogP contribution in [0.1, 0.15) is 0 Å². The van der Waals surface area contributed by atoms with Gasteiger partial charge in [-0.15, -0.1) is 0 Å². The summed E-state index contributed by atoms with van der Waals surface area (Å²) in [6.45, 7) is 0. The highest BCUT2D eigenvalue weighted by Gasteiger charge is 2.07. The van der Waals surface area contributed by atoms with Gasteiger partial charge in [-0.1, -0.05) is 44.0 Å². The molecule has 0 aromatic heterocycles. The van der Waals surface area contributed by atoms with Crippen LogP contribution in [-0.4, -0.2) is 14.1 Å². The molecule has 4 heteroatoms. The van der Waals surface area contributed by atoms with Gasteiger partial charge in [0.1, 0.15) is 0 Å². The van der Waals surface area contributed by atoms with Crippen LogP contribution >= 0.6 is 31.9 Å². The second-order valence-electron chi connectivity index (χ2n) is 5.59. The van der Waals surface area contributed by atoms with Crippen molar-refractivity contribution in [3.8, 4) is 0 Å². The number of halogens is 2. The van der Waals surface area contributed by atoms with Crippen molar-refractivity contribution in [2.24, 2.45) is 0 Å². The van der Waals surface area contributed by atoms with Crippen LogP contribution < -0.4 is 9.80 Å². The smallest absolute Gasteiger partial charge is 0.0419 e. The molecule has 0 unspecified atom stereocenters. The summed E-state index contributed by atoms with van der Waals surface area (Å²) >= 11 is 7.06. The summed E-state index contributed by atoms with van der Waals surface area (Å²) in [5.41, 5.74) is 4.61. The summed E-state index contributed by atoms with van der Waals surface area (Å²) in [5, 5.41) is 0. The van der Waals surface area contributed by atoms with E-state index in [0.717, 1.165) is 31.7 Å². The zero-order chi connectivity index (χ0) is 17.1. The first-order valence-corrected chi connectivity index (χ1v) is 9.22. The molecule has 3 aromatic rings. The fourth-order valence-corrected chi connectivity index (χ4v) is 3.34. The average Bonchev–Trinajstić information content (AvgIpc) is 2.60. The molecule has 24 heavy (non-hydrogen) atoms. The molecule has 3 aromatic carbocycles. The molecule has 0 aliphatic rings. The molecule has 0 bridgehead atoms. The first-order valence-electron chi connectivity index (χ1n) is 7.63. The molecule has 0 heterocycles. The monoisotopic (exact) mass is 444 g/mol. The predicted molar refractivity (Wildman–Crippen MR) is 111 cm³/mol. The molecule has 0 spiro atoms. The Kier molecular flexibility index (Phi) is 5.27. The van der Waals surface area contributed by atoms with E-state index >= 15 is 0 Å². The van der Waals surface area contributed by atoms with E-state index in [2.05, 4.69) is 104 Å². The maximum atomic E-state index is 3.53. The van der Waals surface area contributed by atoms with Crippen LogP contribution in [0.5, 0.6) is 0 Å². The van der Waals surface area contributed by atoms with Crippen molar-refractivity contribution in [2.75, 3.05) is 23.9 Å². The van der Waals surface area contributed by atoms with Gasteiger partial charge in [0.15, 0.2) is 0 Å². The Morgan fingerprint density at radius 3 is 1.25 bits per heavy atom. The summed E-state index contributed by atoms with van der Waals surface area (Å²) in [6.07, 6.45) is 0. The molecule has 0 radical (unpaired) electrons. The van der Waals surface area contributed by atoms with Crippen LogP contribution in [0.3, 0.4) is 0 Å². The van der Waals surface area contributed by atoms with Crippen molar-refractivity contribution < 1.29 is 0 Å². The van der Waals surface area contributed by atoms with Crippen molar-refractivity contribution >= 4 is 54.6 Å². The average molecular weight is 446 g/mol. The number of hydrogen-bond acceptors (Lipinski definition) is 2. The maximum absolute atomic E-state index is 3.53. The maximum Gasteiger partial charge on any atom is 0.0419 e. The minimum atomic E-state index is 1.08. The Hall–Kier alpha value is -1.78. The summed E-state index contributed by atoms with van der Waals surface area (Å²) in [6, 6.07) is 25.2. The van der Waals surface area contributed by atoms with Crippen molar-refractivity contribution in [2.45, 2.75) is 0 Å². The van der Waals surface area contributed by atoms with E-state index < -0.39 is 0 Å². The quantitative estimate of drug-likeness (QED) is 0.438. The van der Waals surface area contributed by atoms with Gasteiger partial charge >= 0.3 is 0 Å². The van der Waals surface area contributed by atoms with Gasteiger partial charge in [-0.2, -0.15) is 0 Å². The topological polar surface area (TPSA) is 6.48 Å². The van der Waals surface area contributed by atoms with E-state index in [1.807, 2.05) is 24.3 Å². The second-order valence-corrected chi connectivity index (χ2v) is 7.43. The minimum absolute atomic E-state index is 1.08. The number of hydrogen-bond donors (Lipinski definition) is 0. The van der Waals surface area contributed by atoms with Crippen LogP contribution in [-0.2, 0) is 0 Å². The molecular formula is C20H18Br2N2. The van der Waals surface area contributed by atoms with Crippen LogP contribution in [0.15, 0.2) is 81.7 Å². The molecular weight excluding hydrogens is 428 g/mol. The van der Waals surface area contributed by atoms with E-state index in [1.54, 1.807) is 0 Å². The summed E-state index contributed by atoms with van der Waals surface area (Å²) in [7, 11) is 4.16. The van der Waals surface area contributed by atoms with Gasteiger partial charge in [0, 0.05) is 45.8 Å². The highest BCUT2D eigenvalue weighted by atomic mass is 79.9. The van der Waals surface area contributed by atoms with Gasteiger partial charge in [-0.3, -0.25) is 0 Å². The fourth-order valence-electron chi connectivity index (χ4n) is 2.57. The number of rotatable bonds is 4. The van der Waals surface area contributed by atoms with Gasteiger partial charge < -0.3 is 9.80 Å². The van der Waals surface area contributed by atoms with Gasteiger partial charge in [0.05, 0.1) is 0 Å². The van der Waals surface area contributed by atoms with Crippen LogP contribution in [0.2, 0.25) is 0 Å². The lowest BCUT2D eigenvalue weighted by atomic mass is 10.2. The first kappa shape index (κ1) is 17.1. The molecule has 0 saturated carbocycles. The molecule has 0 amide bonds. The zero-order valence-corrected chi connectivity index (χ0v) is 16.8. The van der Waals surface area contributed by atoms with Crippen molar-refractivity contribution in [3.05, 3.63) is 81.7 Å². The highest BCUT2D eigenvalue weighted by Crippen LogP contribution is 2.30. The molecule has 0 saturated heterocycles. The van der Waals surface area contributed by atoms with Gasteiger partial charge in [-0.25, -0.2) is 0 Å². The summed E-state index contributed by atoms with van der Waals surface area (Å²) in [5.74, 6) is 0. The Morgan fingerprint density at radius 1 is 0.542 bits per heavy atom. The Bertz CT molecular complexity index is 761. The third-order valence-corrected chi connectivity index (χ3v) is 5.00. The van der Waals surface area contributed by atoms with E-state index in [0.29, 0.717) is 0 Å². The predicted octanol–water partition coefficient (Wildman–Crippen LogP) is 6.75. The summed E-state index contributed by atoms with van der Waals surface area (Å²) in [4.78, 5) is 4.35. The molecule has 0 fully saturated rings. The largest absolute Gasteiger partial charge is 0.345 e. The van der Waals surface area contributed by atoms with Gasteiger partial charge in [-0.05, 0) is 60.7 Å². The highest BCUT2D eigenvalue weighted by molar-refractivity contribution is 9.10. The molecule has 2 nitrogen and oxygen atoms in total.